The van der Waals surface area contributed by atoms with Crippen LogP contribution in [0.3, 0.4) is 0 Å². The van der Waals surface area contributed by atoms with Crippen LogP contribution < -0.4 is 9.64 Å². The second-order valence-electron chi connectivity index (χ2n) is 6.74. The average Bonchev–Trinajstić information content (AvgIpc) is 2.68. The first-order valence-corrected chi connectivity index (χ1v) is 9.05. The standard InChI is InChI=1S/C20H27N3O2/c1-3-10-21-11-8-17(9-12-21)20(24)23-15-13-22(14-16-23)18-6-4-5-7-19(18)25-2/h1,4-7,17H,8-16H2,2H3. The van der Waals surface area contributed by atoms with Crippen LogP contribution in [0.5, 0.6) is 5.75 Å². The molecule has 1 amide bonds. The van der Waals surface area contributed by atoms with Crippen molar-refractivity contribution in [3.05, 3.63) is 24.3 Å². The maximum atomic E-state index is 12.8. The van der Waals surface area contributed by atoms with Gasteiger partial charge in [-0.15, -0.1) is 6.42 Å². The van der Waals surface area contributed by atoms with Crippen LogP contribution in [0.25, 0.3) is 0 Å². The number of ether oxygens (including phenoxy) is 1. The number of para-hydroxylation sites is 2. The molecule has 2 heterocycles. The zero-order chi connectivity index (χ0) is 17.6. The zero-order valence-corrected chi connectivity index (χ0v) is 15.0. The molecule has 2 aliphatic heterocycles. The third-order valence-corrected chi connectivity index (χ3v) is 5.27. The molecule has 1 aromatic rings. The van der Waals surface area contributed by atoms with Gasteiger partial charge in [-0.25, -0.2) is 0 Å². The number of carbonyl (C=O) groups is 1. The second-order valence-corrected chi connectivity index (χ2v) is 6.74. The lowest BCUT2D eigenvalue weighted by atomic mass is 9.95. The molecule has 134 valence electrons. The van der Waals surface area contributed by atoms with E-state index in [9.17, 15) is 4.79 Å². The topological polar surface area (TPSA) is 36.0 Å². The molecule has 0 atom stereocenters. The Labute approximate surface area is 150 Å². The van der Waals surface area contributed by atoms with Crippen molar-refractivity contribution in [2.24, 2.45) is 5.92 Å². The van der Waals surface area contributed by atoms with E-state index in [4.69, 9.17) is 11.2 Å². The van der Waals surface area contributed by atoms with Crippen LogP contribution in [0.2, 0.25) is 0 Å². The Morgan fingerprint density at radius 1 is 1.16 bits per heavy atom. The molecular weight excluding hydrogens is 314 g/mol. The molecule has 1 aromatic carbocycles. The molecular formula is C20H27N3O2. The van der Waals surface area contributed by atoms with Crippen molar-refractivity contribution in [2.75, 3.05) is 57.8 Å². The van der Waals surface area contributed by atoms with E-state index in [-0.39, 0.29) is 5.92 Å². The lowest BCUT2D eigenvalue weighted by molar-refractivity contribution is -0.137. The summed E-state index contributed by atoms with van der Waals surface area (Å²) < 4.78 is 5.46. The fraction of sp³-hybridized carbons (Fsp3) is 0.550. The van der Waals surface area contributed by atoms with E-state index in [0.717, 1.165) is 63.5 Å². The Kier molecular flexibility index (Phi) is 5.83. The van der Waals surface area contributed by atoms with Crippen molar-refractivity contribution in [3.63, 3.8) is 0 Å². The SMILES string of the molecule is C#CCN1CCC(C(=O)N2CCN(c3ccccc3OC)CC2)CC1. The average molecular weight is 341 g/mol. The van der Waals surface area contributed by atoms with E-state index in [2.05, 4.69) is 21.8 Å². The number of likely N-dealkylation sites (tertiary alicyclic amines) is 1. The van der Waals surface area contributed by atoms with Gasteiger partial charge < -0.3 is 14.5 Å². The summed E-state index contributed by atoms with van der Waals surface area (Å²) in [5.74, 6) is 4.06. The summed E-state index contributed by atoms with van der Waals surface area (Å²) in [6, 6.07) is 8.07. The Balaban J connectivity index is 1.52. The van der Waals surface area contributed by atoms with E-state index in [1.54, 1.807) is 7.11 Å². The van der Waals surface area contributed by atoms with E-state index >= 15 is 0 Å². The van der Waals surface area contributed by atoms with Crippen LogP contribution in [0, 0.1) is 18.3 Å². The Morgan fingerprint density at radius 3 is 2.48 bits per heavy atom. The number of piperidine rings is 1. The van der Waals surface area contributed by atoms with Crippen molar-refractivity contribution in [2.45, 2.75) is 12.8 Å². The number of rotatable bonds is 4. The van der Waals surface area contributed by atoms with Gasteiger partial charge in [0.1, 0.15) is 5.75 Å². The highest BCUT2D eigenvalue weighted by Gasteiger charge is 2.30. The molecule has 3 rings (SSSR count). The number of methoxy groups -OCH3 is 1. The minimum absolute atomic E-state index is 0.159. The molecule has 5 nitrogen and oxygen atoms in total. The molecule has 5 heteroatoms. The largest absolute Gasteiger partial charge is 0.495 e. The molecule has 0 bridgehead atoms. The molecule has 0 N–H and O–H groups in total. The molecule has 0 spiro atoms. The molecule has 0 aliphatic carbocycles. The molecule has 2 aliphatic rings. The van der Waals surface area contributed by atoms with Gasteiger partial charge in [0.25, 0.3) is 0 Å². The first-order chi connectivity index (χ1) is 12.2. The number of benzene rings is 1. The lowest BCUT2D eigenvalue weighted by Crippen LogP contribution is -2.51. The van der Waals surface area contributed by atoms with E-state index in [1.165, 1.54) is 0 Å². The van der Waals surface area contributed by atoms with Gasteiger partial charge in [0.15, 0.2) is 0 Å². The van der Waals surface area contributed by atoms with Gasteiger partial charge in [-0.2, -0.15) is 0 Å². The van der Waals surface area contributed by atoms with Gasteiger partial charge in [-0.3, -0.25) is 9.69 Å². The summed E-state index contributed by atoms with van der Waals surface area (Å²) in [6.07, 6.45) is 7.22. The number of hydrogen-bond acceptors (Lipinski definition) is 4. The first kappa shape index (κ1) is 17.6. The highest BCUT2D eigenvalue weighted by Crippen LogP contribution is 2.29. The van der Waals surface area contributed by atoms with Crippen LogP contribution in [0.1, 0.15) is 12.8 Å². The Morgan fingerprint density at radius 2 is 1.84 bits per heavy atom. The molecule has 0 aromatic heterocycles. The smallest absolute Gasteiger partial charge is 0.225 e. The van der Waals surface area contributed by atoms with E-state index in [1.807, 2.05) is 23.1 Å². The minimum atomic E-state index is 0.159. The second kappa shape index (κ2) is 8.26. The fourth-order valence-corrected chi connectivity index (χ4v) is 3.78. The number of carbonyl (C=O) groups excluding carboxylic acids is 1. The summed E-state index contributed by atoms with van der Waals surface area (Å²) in [5, 5.41) is 0. The van der Waals surface area contributed by atoms with Gasteiger partial charge in [0.2, 0.25) is 5.91 Å². The number of piperazine rings is 1. The predicted molar refractivity (Wildman–Crippen MR) is 99.8 cm³/mol. The molecule has 0 radical (unpaired) electrons. The summed E-state index contributed by atoms with van der Waals surface area (Å²) in [7, 11) is 1.70. The number of terminal acetylenes is 1. The molecule has 0 saturated carbocycles. The molecule has 2 fully saturated rings. The van der Waals surface area contributed by atoms with Crippen molar-refractivity contribution in [1.82, 2.24) is 9.80 Å². The molecule has 25 heavy (non-hydrogen) atoms. The van der Waals surface area contributed by atoms with Crippen molar-refractivity contribution < 1.29 is 9.53 Å². The number of nitrogens with zero attached hydrogens (tertiary/aromatic N) is 3. The van der Waals surface area contributed by atoms with Crippen LogP contribution in [-0.4, -0.2) is 68.6 Å². The van der Waals surface area contributed by atoms with Crippen LogP contribution in [0.15, 0.2) is 24.3 Å². The lowest BCUT2D eigenvalue weighted by Gasteiger charge is -2.39. The summed E-state index contributed by atoms with van der Waals surface area (Å²) in [5.41, 5.74) is 1.11. The minimum Gasteiger partial charge on any atom is -0.495 e. The summed E-state index contributed by atoms with van der Waals surface area (Å²) >= 11 is 0. The van der Waals surface area contributed by atoms with Crippen molar-refractivity contribution in [3.8, 4) is 18.1 Å². The molecule has 2 saturated heterocycles. The van der Waals surface area contributed by atoms with Crippen LogP contribution in [0.4, 0.5) is 5.69 Å². The van der Waals surface area contributed by atoms with Gasteiger partial charge >= 0.3 is 0 Å². The summed E-state index contributed by atoms with van der Waals surface area (Å²) in [4.78, 5) is 19.4. The van der Waals surface area contributed by atoms with Crippen LogP contribution in [-0.2, 0) is 4.79 Å². The number of anilines is 1. The van der Waals surface area contributed by atoms with Gasteiger partial charge in [0, 0.05) is 32.1 Å². The number of amides is 1. The third-order valence-electron chi connectivity index (χ3n) is 5.27. The Bertz CT molecular complexity index is 624. The predicted octanol–water partition coefficient (Wildman–Crippen LogP) is 1.69. The fourth-order valence-electron chi connectivity index (χ4n) is 3.78. The monoisotopic (exact) mass is 341 g/mol. The quantitative estimate of drug-likeness (QED) is 0.781. The van der Waals surface area contributed by atoms with E-state index in [0.29, 0.717) is 12.5 Å². The van der Waals surface area contributed by atoms with Crippen molar-refractivity contribution in [1.29, 1.82) is 0 Å². The molecule has 0 unspecified atom stereocenters. The van der Waals surface area contributed by atoms with Gasteiger partial charge in [-0.1, -0.05) is 18.1 Å². The first-order valence-electron chi connectivity index (χ1n) is 9.05. The Hall–Kier alpha value is -2.19. The normalized spacial score (nSPS) is 19.5. The van der Waals surface area contributed by atoms with Gasteiger partial charge in [0.05, 0.1) is 19.3 Å². The maximum absolute atomic E-state index is 12.8. The highest BCUT2D eigenvalue weighted by atomic mass is 16.5. The van der Waals surface area contributed by atoms with E-state index < -0.39 is 0 Å². The van der Waals surface area contributed by atoms with Crippen LogP contribution >= 0.6 is 0 Å². The van der Waals surface area contributed by atoms with Crippen molar-refractivity contribution >= 4 is 11.6 Å². The van der Waals surface area contributed by atoms with Gasteiger partial charge in [-0.05, 0) is 38.1 Å². The highest BCUT2D eigenvalue weighted by molar-refractivity contribution is 5.79. The number of hydrogen-bond donors (Lipinski definition) is 0. The summed E-state index contributed by atoms with van der Waals surface area (Å²) in [6.45, 7) is 5.81. The maximum Gasteiger partial charge on any atom is 0.225 e. The third kappa shape index (κ3) is 4.08. The zero-order valence-electron chi connectivity index (χ0n) is 15.0.